The van der Waals surface area contributed by atoms with Gasteiger partial charge in [0.25, 0.3) is 0 Å². The summed E-state index contributed by atoms with van der Waals surface area (Å²) in [6.45, 7) is 2.39. The molecule has 0 saturated heterocycles. The van der Waals surface area contributed by atoms with E-state index >= 15 is 0 Å². The van der Waals surface area contributed by atoms with E-state index < -0.39 is 5.97 Å². The molecule has 5 heteroatoms. The van der Waals surface area contributed by atoms with E-state index in [9.17, 15) is 9.59 Å². The lowest BCUT2D eigenvalue weighted by molar-refractivity contribution is -0.134. The molecular formula is C34H41ClO4. The molecule has 0 aliphatic heterocycles. The molecule has 1 unspecified atom stereocenters. The largest absolute Gasteiger partial charge is 0.461 e. The molecule has 0 spiro atoms. The van der Waals surface area contributed by atoms with Crippen molar-refractivity contribution >= 4 is 23.5 Å². The zero-order chi connectivity index (χ0) is 27.7. The number of alkyl halides is 1. The predicted molar refractivity (Wildman–Crippen MR) is 159 cm³/mol. The average Bonchev–Trinajstić information content (AvgIpc) is 2.96. The van der Waals surface area contributed by atoms with E-state index in [-0.39, 0.29) is 18.0 Å². The molecule has 0 aliphatic rings. The Morgan fingerprint density at radius 3 is 1.90 bits per heavy atom. The Balaban J connectivity index is 1.36. The molecule has 1 atom stereocenters. The maximum atomic E-state index is 12.4. The highest BCUT2D eigenvalue weighted by Gasteiger charge is 2.12. The zero-order valence-corrected chi connectivity index (χ0v) is 23.8. The highest BCUT2D eigenvalue weighted by atomic mass is 35.5. The maximum Gasteiger partial charge on any atom is 0.338 e. The summed E-state index contributed by atoms with van der Waals surface area (Å²) in [5.74, 6) is -0.0305. The van der Waals surface area contributed by atoms with E-state index in [0.29, 0.717) is 24.2 Å². The summed E-state index contributed by atoms with van der Waals surface area (Å²) in [6, 6.07) is 24.6. The quantitative estimate of drug-likeness (QED) is 0.0730. The van der Waals surface area contributed by atoms with Crippen molar-refractivity contribution in [2.75, 3.05) is 6.61 Å². The summed E-state index contributed by atoms with van der Waals surface area (Å²) in [7, 11) is 0. The third kappa shape index (κ3) is 11.7. The van der Waals surface area contributed by atoms with Crippen molar-refractivity contribution in [1.29, 1.82) is 0 Å². The third-order valence-electron chi connectivity index (χ3n) is 6.72. The highest BCUT2D eigenvalue weighted by molar-refractivity contribution is 6.20. The van der Waals surface area contributed by atoms with Crippen LogP contribution in [-0.2, 0) is 16.0 Å². The number of ether oxygens (including phenoxy) is 2. The van der Waals surface area contributed by atoms with Crippen molar-refractivity contribution in [3.8, 4) is 16.9 Å². The number of halogens is 1. The molecule has 0 heterocycles. The molecule has 0 N–H and O–H groups in total. The first-order chi connectivity index (χ1) is 19.0. The second kappa shape index (κ2) is 17.5. The van der Waals surface area contributed by atoms with Crippen molar-refractivity contribution in [2.45, 2.75) is 82.9 Å². The molecule has 0 radical (unpaired) electrons. The summed E-state index contributed by atoms with van der Waals surface area (Å²) in [5.41, 5.74) is 3.51. The van der Waals surface area contributed by atoms with Crippen LogP contribution in [0.2, 0.25) is 0 Å². The van der Waals surface area contributed by atoms with Gasteiger partial charge < -0.3 is 9.47 Å². The minimum Gasteiger partial charge on any atom is -0.461 e. The molecule has 3 rings (SSSR count). The smallest absolute Gasteiger partial charge is 0.338 e. The fraction of sp³-hybridized carbons (Fsp3) is 0.412. The molecule has 3 aromatic rings. The lowest BCUT2D eigenvalue weighted by Crippen LogP contribution is -2.16. The number of hydrogen-bond donors (Lipinski definition) is 0. The van der Waals surface area contributed by atoms with Crippen LogP contribution in [0.1, 0.15) is 87.1 Å². The van der Waals surface area contributed by atoms with Crippen LogP contribution in [0.3, 0.4) is 0 Å². The van der Waals surface area contributed by atoms with Crippen molar-refractivity contribution in [2.24, 2.45) is 0 Å². The van der Waals surface area contributed by atoms with Gasteiger partial charge in [-0.1, -0.05) is 113 Å². The number of carbonyl (C=O) groups excluding carboxylic acids is 2. The van der Waals surface area contributed by atoms with Crippen LogP contribution in [0.15, 0.2) is 78.9 Å². The van der Waals surface area contributed by atoms with Gasteiger partial charge in [-0.2, -0.15) is 0 Å². The summed E-state index contributed by atoms with van der Waals surface area (Å²) in [4.78, 5) is 24.6. The fourth-order valence-corrected chi connectivity index (χ4v) is 4.70. The topological polar surface area (TPSA) is 52.6 Å². The molecule has 4 nitrogen and oxygen atoms in total. The number of unbranched alkanes of at least 4 members (excludes halogenated alkanes) is 8. The molecule has 0 fully saturated rings. The summed E-state index contributed by atoms with van der Waals surface area (Å²) in [6.07, 6.45) is 12.1. The Hall–Kier alpha value is -3.11. The second-order valence-electron chi connectivity index (χ2n) is 10.0. The van der Waals surface area contributed by atoms with Gasteiger partial charge in [0, 0.05) is 6.42 Å². The zero-order valence-electron chi connectivity index (χ0n) is 23.1. The average molecular weight is 549 g/mol. The first-order valence-electron chi connectivity index (χ1n) is 14.3. The minimum absolute atomic E-state index is 0.149. The highest BCUT2D eigenvalue weighted by Crippen LogP contribution is 2.24. The van der Waals surface area contributed by atoms with Gasteiger partial charge in [0.05, 0.1) is 10.9 Å². The molecular weight excluding hydrogens is 508 g/mol. The number of esters is 2. The van der Waals surface area contributed by atoms with Crippen LogP contribution >= 0.6 is 11.6 Å². The van der Waals surface area contributed by atoms with E-state index in [2.05, 4.69) is 6.92 Å². The molecule has 3 aromatic carbocycles. The van der Waals surface area contributed by atoms with Crippen LogP contribution in [-0.4, -0.2) is 23.9 Å². The molecule has 0 bridgehead atoms. The molecule has 39 heavy (non-hydrogen) atoms. The van der Waals surface area contributed by atoms with Gasteiger partial charge in [-0.15, -0.1) is 11.6 Å². The second-order valence-corrected chi connectivity index (χ2v) is 10.7. The lowest BCUT2D eigenvalue weighted by Gasteiger charge is -2.11. The first kappa shape index (κ1) is 30.4. The molecule has 0 aromatic heterocycles. The van der Waals surface area contributed by atoms with Crippen molar-refractivity contribution in [1.82, 2.24) is 0 Å². The van der Waals surface area contributed by atoms with Gasteiger partial charge in [-0.25, -0.2) is 4.79 Å². The summed E-state index contributed by atoms with van der Waals surface area (Å²) >= 11 is 6.35. The van der Waals surface area contributed by atoms with Gasteiger partial charge >= 0.3 is 11.9 Å². The van der Waals surface area contributed by atoms with Gasteiger partial charge in [0.1, 0.15) is 12.4 Å². The van der Waals surface area contributed by atoms with Gasteiger partial charge in [0.2, 0.25) is 0 Å². The molecule has 208 valence electrons. The Labute approximate surface area is 238 Å². The molecule has 0 amide bonds. The minimum atomic E-state index is -0.394. The monoisotopic (exact) mass is 548 g/mol. The van der Waals surface area contributed by atoms with Gasteiger partial charge in [-0.05, 0) is 53.8 Å². The third-order valence-corrected chi connectivity index (χ3v) is 7.00. The van der Waals surface area contributed by atoms with Crippen LogP contribution in [0.5, 0.6) is 5.75 Å². The van der Waals surface area contributed by atoms with Crippen LogP contribution < -0.4 is 4.74 Å². The Kier molecular flexibility index (Phi) is 13.6. The fourth-order valence-electron chi connectivity index (χ4n) is 4.45. The van der Waals surface area contributed by atoms with E-state index in [1.54, 1.807) is 24.3 Å². The molecule has 0 saturated carbocycles. The van der Waals surface area contributed by atoms with E-state index in [4.69, 9.17) is 21.1 Å². The van der Waals surface area contributed by atoms with Gasteiger partial charge in [-0.3, -0.25) is 4.79 Å². The normalized spacial score (nSPS) is 11.6. The van der Waals surface area contributed by atoms with Crippen LogP contribution in [0.4, 0.5) is 0 Å². The maximum absolute atomic E-state index is 12.4. The van der Waals surface area contributed by atoms with Crippen LogP contribution in [0.25, 0.3) is 11.1 Å². The van der Waals surface area contributed by atoms with Crippen molar-refractivity contribution < 1.29 is 19.1 Å². The van der Waals surface area contributed by atoms with Crippen molar-refractivity contribution in [3.05, 3.63) is 90.0 Å². The summed E-state index contributed by atoms with van der Waals surface area (Å²) in [5, 5.41) is -0.284. The summed E-state index contributed by atoms with van der Waals surface area (Å²) < 4.78 is 10.9. The number of rotatable bonds is 17. The number of carbonyl (C=O) groups is 2. The Bertz CT molecular complexity index is 1110. The Morgan fingerprint density at radius 1 is 0.718 bits per heavy atom. The Morgan fingerprint density at radius 2 is 1.28 bits per heavy atom. The number of hydrogen-bond acceptors (Lipinski definition) is 4. The predicted octanol–water partition coefficient (Wildman–Crippen LogP) is 9.19. The first-order valence-corrected chi connectivity index (χ1v) is 14.7. The SMILES string of the molecule is CCCCCCCCCCCC(=O)Oc1ccc(-c2ccc(C(=O)OCC(Cl)Cc3ccccc3)cc2)cc1. The molecule has 0 aliphatic carbocycles. The van der Waals surface area contributed by atoms with Crippen LogP contribution in [0, 0.1) is 0 Å². The standard InChI is InChI=1S/C34H41ClO4/c1-2-3-4-5-6-7-8-9-13-16-33(36)39-32-23-21-29(22-24-32)28-17-19-30(20-18-28)34(37)38-26-31(35)25-27-14-11-10-12-15-27/h10-12,14-15,17-24,31H,2-9,13,16,25-26H2,1H3. The van der Waals surface area contributed by atoms with E-state index in [0.717, 1.165) is 29.5 Å². The van der Waals surface area contributed by atoms with Gasteiger partial charge in [0.15, 0.2) is 0 Å². The van der Waals surface area contributed by atoms with Crippen molar-refractivity contribution in [3.63, 3.8) is 0 Å². The van der Waals surface area contributed by atoms with E-state index in [1.807, 2.05) is 54.6 Å². The lowest BCUT2D eigenvalue weighted by atomic mass is 10.0. The van der Waals surface area contributed by atoms with E-state index in [1.165, 1.54) is 44.9 Å². The number of benzene rings is 3.